The van der Waals surface area contributed by atoms with Crippen LogP contribution in [0, 0.1) is 11.8 Å². The third-order valence-corrected chi connectivity index (χ3v) is 23.7. The van der Waals surface area contributed by atoms with Crippen LogP contribution in [0.25, 0.3) is 0 Å². The molecule has 0 spiro atoms. The number of halogens is 2. The van der Waals surface area contributed by atoms with E-state index >= 15 is 0 Å². The van der Waals surface area contributed by atoms with E-state index in [0.29, 0.717) is 8.49 Å². The molecule has 17 heavy (non-hydrogen) atoms. The summed E-state index contributed by atoms with van der Waals surface area (Å²) >= 11 is -2.70. The van der Waals surface area contributed by atoms with Gasteiger partial charge in [-0.25, -0.2) is 0 Å². The van der Waals surface area contributed by atoms with Crippen molar-refractivity contribution in [1.82, 2.24) is 0 Å². The van der Waals surface area contributed by atoms with Gasteiger partial charge in [-0.15, -0.1) is 0 Å². The summed E-state index contributed by atoms with van der Waals surface area (Å²) in [6.07, 6.45) is 14.1. The summed E-state index contributed by atoms with van der Waals surface area (Å²) in [5.74, 6) is 1.99. The molecule has 4 rings (SSSR count). The molecule has 4 aliphatic rings. The van der Waals surface area contributed by atoms with E-state index in [4.69, 9.17) is 20.0 Å². The predicted molar refractivity (Wildman–Crippen MR) is 76.0 cm³/mol. The van der Waals surface area contributed by atoms with Gasteiger partial charge in [0.05, 0.1) is 0 Å². The Morgan fingerprint density at radius 3 is 1.29 bits per heavy atom. The Morgan fingerprint density at radius 2 is 1.06 bits per heavy atom. The normalized spacial score (nSPS) is 52.6. The van der Waals surface area contributed by atoms with Gasteiger partial charge in [-0.3, -0.25) is 0 Å². The summed E-state index contributed by atoms with van der Waals surface area (Å²) < 4.78 is 0.958. The Balaban J connectivity index is 1.71. The van der Waals surface area contributed by atoms with Crippen LogP contribution in [0.3, 0.4) is 0 Å². The Bertz CT molecular complexity index is 304. The second-order valence-electron chi connectivity index (χ2n) is 7.43. The van der Waals surface area contributed by atoms with Gasteiger partial charge in [-0.2, -0.15) is 0 Å². The molecular formula is C14H22Cl2Ge. The van der Waals surface area contributed by atoms with Gasteiger partial charge < -0.3 is 0 Å². The van der Waals surface area contributed by atoms with Crippen molar-refractivity contribution in [1.29, 1.82) is 0 Å². The molecule has 0 radical (unpaired) electrons. The van der Waals surface area contributed by atoms with Gasteiger partial charge in [0.2, 0.25) is 0 Å². The van der Waals surface area contributed by atoms with E-state index in [9.17, 15) is 0 Å². The van der Waals surface area contributed by atoms with Gasteiger partial charge >= 0.3 is 116 Å². The molecule has 0 saturated heterocycles. The van der Waals surface area contributed by atoms with E-state index in [-0.39, 0.29) is 0 Å². The molecule has 4 bridgehead atoms. The number of rotatable bonds is 2. The fourth-order valence-corrected chi connectivity index (χ4v) is 19.9. The van der Waals surface area contributed by atoms with E-state index in [0.717, 1.165) is 11.8 Å². The van der Waals surface area contributed by atoms with Crippen molar-refractivity contribution in [2.45, 2.75) is 72.7 Å². The zero-order valence-electron chi connectivity index (χ0n) is 10.5. The van der Waals surface area contributed by atoms with Gasteiger partial charge in [0.15, 0.2) is 0 Å². The van der Waals surface area contributed by atoms with Crippen molar-refractivity contribution in [3.05, 3.63) is 0 Å². The third-order valence-electron chi connectivity index (χ3n) is 6.82. The second kappa shape index (κ2) is 3.61. The van der Waals surface area contributed by atoms with Crippen molar-refractivity contribution < 1.29 is 0 Å². The quantitative estimate of drug-likeness (QED) is 0.579. The molecule has 0 unspecified atom stereocenters. The van der Waals surface area contributed by atoms with Crippen LogP contribution in [0.1, 0.15) is 64.2 Å². The molecule has 4 aliphatic carbocycles. The number of fused-ring (bicyclic) bond motifs is 4. The summed E-state index contributed by atoms with van der Waals surface area (Å²) in [7, 11) is 14.5. The molecule has 0 atom stereocenters. The predicted octanol–water partition coefficient (Wildman–Crippen LogP) is 5.57. The fraction of sp³-hybridized carbons (Fsp3) is 1.00. The Hall–Kier alpha value is 1.12. The molecule has 0 aromatic rings. The van der Waals surface area contributed by atoms with Gasteiger partial charge in [-0.1, -0.05) is 0 Å². The summed E-state index contributed by atoms with van der Waals surface area (Å²) in [4.78, 5) is 0. The average molecular weight is 334 g/mol. The topological polar surface area (TPSA) is 0 Å². The average Bonchev–Trinajstić information content (AvgIpc) is 3.09. The van der Waals surface area contributed by atoms with Crippen LogP contribution in [0.4, 0.5) is 0 Å². The van der Waals surface area contributed by atoms with Crippen LogP contribution in [0.5, 0.6) is 0 Å². The number of hydrogen-bond acceptors (Lipinski definition) is 0. The molecule has 4 fully saturated rings. The molecule has 0 aromatic heterocycles. The first kappa shape index (κ1) is 11.9. The molecule has 0 amide bonds. The van der Waals surface area contributed by atoms with Gasteiger partial charge in [-0.05, 0) is 0 Å². The van der Waals surface area contributed by atoms with Crippen LogP contribution >= 0.6 is 20.0 Å². The molecule has 3 heteroatoms. The van der Waals surface area contributed by atoms with E-state index in [1.54, 1.807) is 0 Å². The van der Waals surface area contributed by atoms with Crippen LogP contribution in [0.2, 0.25) is 8.49 Å². The maximum absolute atomic E-state index is 7.27. The first-order valence-electron chi connectivity index (χ1n) is 7.45. The van der Waals surface area contributed by atoms with Crippen molar-refractivity contribution in [2.24, 2.45) is 11.8 Å². The van der Waals surface area contributed by atoms with Crippen molar-refractivity contribution >= 4 is 31.4 Å². The third kappa shape index (κ3) is 1.39. The van der Waals surface area contributed by atoms with Crippen molar-refractivity contribution in [3.8, 4) is 0 Å². The van der Waals surface area contributed by atoms with Crippen molar-refractivity contribution in [3.63, 3.8) is 0 Å². The Labute approximate surface area is 116 Å². The molecule has 0 heterocycles. The SMILES string of the molecule is [Cl][Ge]([Cl])([C]12CCC(CC1)C2)[C]12CCC(CC1)C2. The van der Waals surface area contributed by atoms with Gasteiger partial charge in [0, 0.05) is 0 Å². The van der Waals surface area contributed by atoms with E-state index in [1.807, 2.05) is 0 Å². The van der Waals surface area contributed by atoms with Crippen LogP contribution in [-0.4, -0.2) is 11.4 Å². The Kier molecular flexibility index (Phi) is 2.53. The minimum absolute atomic E-state index is 0.479. The molecular weight excluding hydrogens is 312 g/mol. The zero-order valence-corrected chi connectivity index (χ0v) is 14.1. The maximum atomic E-state index is 7.27. The molecule has 4 saturated carbocycles. The Morgan fingerprint density at radius 1 is 0.706 bits per heavy atom. The van der Waals surface area contributed by atoms with E-state index < -0.39 is 11.4 Å². The van der Waals surface area contributed by atoms with E-state index in [1.165, 1.54) is 64.2 Å². The standard InChI is InChI=1S/C14H22Cl2Ge/c15-17(16,13-5-1-11(9-13)2-6-13)14-7-3-12(10-14)4-8-14/h11-12H,1-10H2. The zero-order chi connectivity index (χ0) is 11.7. The van der Waals surface area contributed by atoms with Gasteiger partial charge in [0.25, 0.3) is 0 Å². The molecule has 0 nitrogen and oxygen atoms in total. The van der Waals surface area contributed by atoms with Crippen LogP contribution in [0.15, 0.2) is 0 Å². The summed E-state index contributed by atoms with van der Waals surface area (Å²) in [6.45, 7) is 0. The monoisotopic (exact) mass is 334 g/mol. The number of hydrogen-bond donors (Lipinski definition) is 0. The summed E-state index contributed by atoms with van der Waals surface area (Å²) in [5.41, 5.74) is 0. The van der Waals surface area contributed by atoms with E-state index in [2.05, 4.69) is 0 Å². The molecule has 96 valence electrons. The van der Waals surface area contributed by atoms with Crippen LogP contribution in [-0.2, 0) is 0 Å². The molecule has 0 N–H and O–H groups in total. The van der Waals surface area contributed by atoms with Crippen LogP contribution < -0.4 is 0 Å². The first-order chi connectivity index (χ1) is 8.07. The van der Waals surface area contributed by atoms with Crippen molar-refractivity contribution in [2.75, 3.05) is 0 Å². The first-order valence-corrected chi connectivity index (χ1v) is 15.1. The van der Waals surface area contributed by atoms with Gasteiger partial charge in [0.1, 0.15) is 0 Å². The second-order valence-corrected chi connectivity index (χ2v) is 21.2. The fourth-order valence-electron chi connectivity index (χ4n) is 5.83. The molecule has 0 aromatic carbocycles. The minimum atomic E-state index is -2.70. The summed E-state index contributed by atoms with van der Waals surface area (Å²) in [5, 5.41) is 0. The summed E-state index contributed by atoms with van der Waals surface area (Å²) in [6, 6.07) is 0. The molecule has 0 aliphatic heterocycles.